The van der Waals surface area contributed by atoms with Crippen LogP contribution in [0, 0.1) is 6.92 Å². The molecule has 0 saturated heterocycles. The number of ether oxygens (including phenoxy) is 1. The Bertz CT molecular complexity index is 332. The van der Waals surface area contributed by atoms with Gasteiger partial charge in [0.2, 0.25) is 0 Å². The second kappa shape index (κ2) is 5.61. The van der Waals surface area contributed by atoms with Gasteiger partial charge in [-0.25, -0.2) is 0 Å². The zero-order valence-corrected chi connectivity index (χ0v) is 9.60. The zero-order chi connectivity index (χ0) is 11.3. The monoisotopic (exact) mass is 227 g/mol. The van der Waals surface area contributed by atoms with Crippen molar-refractivity contribution >= 4 is 23.3 Å². The number of nitrogens with one attached hydrogen (secondary N) is 1. The van der Waals surface area contributed by atoms with Crippen molar-refractivity contribution in [2.45, 2.75) is 13.3 Å². The van der Waals surface area contributed by atoms with Crippen LogP contribution in [0.15, 0.2) is 18.2 Å². The molecule has 0 spiro atoms. The highest BCUT2D eigenvalue weighted by Gasteiger charge is 2.04. The number of esters is 1. The number of halogens is 1. The summed E-state index contributed by atoms with van der Waals surface area (Å²) in [4.78, 5) is 10.9. The quantitative estimate of drug-likeness (QED) is 0.804. The molecule has 0 bridgehead atoms. The Kier molecular flexibility index (Phi) is 4.43. The summed E-state index contributed by atoms with van der Waals surface area (Å²) >= 11 is 6.00. The van der Waals surface area contributed by atoms with E-state index < -0.39 is 0 Å². The van der Waals surface area contributed by atoms with Gasteiger partial charge in [-0.05, 0) is 18.6 Å². The normalized spacial score (nSPS) is 9.80. The average molecular weight is 228 g/mol. The molecular weight excluding hydrogens is 214 g/mol. The Labute approximate surface area is 94.4 Å². The lowest BCUT2D eigenvalue weighted by molar-refractivity contribution is -0.140. The largest absolute Gasteiger partial charge is 0.469 e. The van der Waals surface area contributed by atoms with E-state index in [0.29, 0.717) is 18.0 Å². The lowest BCUT2D eigenvalue weighted by Gasteiger charge is -2.10. The summed E-state index contributed by atoms with van der Waals surface area (Å²) in [5.41, 5.74) is 1.94. The van der Waals surface area contributed by atoms with Crippen molar-refractivity contribution in [3.8, 4) is 0 Å². The van der Waals surface area contributed by atoms with Gasteiger partial charge in [-0.15, -0.1) is 0 Å². The summed E-state index contributed by atoms with van der Waals surface area (Å²) in [6, 6.07) is 5.67. The van der Waals surface area contributed by atoms with E-state index in [1.54, 1.807) is 0 Å². The van der Waals surface area contributed by atoms with Gasteiger partial charge < -0.3 is 10.1 Å². The number of benzene rings is 1. The molecule has 1 aromatic carbocycles. The Balaban J connectivity index is 2.54. The maximum Gasteiger partial charge on any atom is 0.307 e. The number of carbonyl (C=O) groups excluding carboxylic acids is 1. The first-order valence-corrected chi connectivity index (χ1v) is 5.08. The first kappa shape index (κ1) is 11.9. The summed E-state index contributed by atoms with van der Waals surface area (Å²) in [5.74, 6) is -0.229. The molecular formula is C11H14ClNO2. The van der Waals surface area contributed by atoms with Crippen LogP contribution in [0.2, 0.25) is 5.02 Å². The fraction of sp³-hybridized carbons (Fsp3) is 0.364. The number of hydrogen-bond acceptors (Lipinski definition) is 3. The molecule has 0 radical (unpaired) electrons. The highest BCUT2D eigenvalue weighted by Crippen LogP contribution is 2.24. The van der Waals surface area contributed by atoms with Gasteiger partial charge in [0.05, 0.1) is 24.2 Å². The van der Waals surface area contributed by atoms with Gasteiger partial charge in [0.1, 0.15) is 0 Å². The Morgan fingerprint density at radius 3 is 2.87 bits per heavy atom. The number of aryl methyl sites for hydroxylation is 1. The molecule has 0 fully saturated rings. The molecule has 0 aliphatic rings. The average Bonchev–Trinajstić information content (AvgIpc) is 2.22. The first-order valence-electron chi connectivity index (χ1n) is 4.71. The van der Waals surface area contributed by atoms with Crippen molar-refractivity contribution < 1.29 is 9.53 Å². The van der Waals surface area contributed by atoms with Crippen LogP contribution in [-0.2, 0) is 9.53 Å². The number of methoxy groups -OCH3 is 1. The third-order valence-corrected chi connectivity index (χ3v) is 2.40. The van der Waals surface area contributed by atoms with Crippen molar-refractivity contribution in [2.75, 3.05) is 19.0 Å². The number of hydrogen-bond donors (Lipinski definition) is 1. The second-order valence-electron chi connectivity index (χ2n) is 3.18. The first-order chi connectivity index (χ1) is 7.15. The van der Waals surface area contributed by atoms with E-state index in [1.165, 1.54) is 7.11 Å². The van der Waals surface area contributed by atoms with Crippen LogP contribution < -0.4 is 5.32 Å². The molecule has 0 saturated carbocycles. The van der Waals surface area contributed by atoms with E-state index in [-0.39, 0.29) is 5.97 Å². The SMILES string of the molecule is COC(=O)CCNc1c(C)cccc1Cl. The number of rotatable bonds is 4. The van der Waals surface area contributed by atoms with E-state index in [9.17, 15) is 4.79 Å². The van der Waals surface area contributed by atoms with Gasteiger partial charge in [0.25, 0.3) is 0 Å². The lowest BCUT2D eigenvalue weighted by atomic mass is 10.2. The van der Waals surface area contributed by atoms with Crippen LogP contribution in [0.4, 0.5) is 5.69 Å². The Morgan fingerprint density at radius 1 is 1.53 bits per heavy atom. The van der Waals surface area contributed by atoms with Gasteiger partial charge in [-0.1, -0.05) is 23.7 Å². The molecule has 0 atom stereocenters. The molecule has 0 aliphatic heterocycles. The predicted molar refractivity (Wildman–Crippen MR) is 61.3 cm³/mol. The summed E-state index contributed by atoms with van der Waals surface area (Å²) in [5, 5.41) is 3.78. The van der Waals surface area contributed by atoms with Crippen LogP contribution in [0.3, 0.4) is 0 Å². The van der Waals surface area contributed by atoms with E-state index in [0.717, 1.165) is 11.3 Å². The number of para-hydroxylation sites is 1. The van der Waals surface area contributed by atoms with Gasteiger partial charge >= 0.3 is 5.97 Å². The predicted octanol–water partition coefficient (Wildman–Crippen LogP) is 2.62. The highest BCUT2D eigenvalue weighted by molar-refractivity contribution is 6.33. The molecule has 15 heavy (non-hydrogen) atoms. The van der Waals surface area contributed by atoms with E-state index in [4.69, 9.17) is 11.6 Å². The van der Waals surface area contributed by atoms with Gasteiger partial charge in [-0.3, -0.25) is 4.79 Å². The third kappa shape index (κ3) is 3.44. The van der Waals surface area contributed by atoms with Crippen LogP contribution in [0.25, 0.3) is 0 Å². The number of anilines is 1. The second-order valence-corrected chi connectivity index (χ2v) is 3.59. The smallest absolute Gasteiger partial charge is 0.307 e. The summed E-state index contributed by atoms with van der Waals surface area (Å²) in [6.07, 6.45) is 0.334. The van der Waals surface area contributed by atoms with Gasteiger partial charge in [-0.2, -0.15) is 0 Å². The summed E-state index contributed by atoms with van der Waals surface area (Å²) in [7, 11) is 1.38. The van der Waals surface area contributed by atoms with Crippen LogP contribution in [-0.4, -0.2) is 19.6 Å². The molecule has 82 valence electrons. The number of carbonyl (C=O) groups is 1. The lowest BCUT2D eigenvalue weighted by Crippen LogP contribution is -2.10. The van der Waals surface area contributed by atoms with Crippen molar-refractivity contribution in [1.29, 1.82) is 0 Å². The fourth-order valence-electron chi connectivity index (χ4n) is 1.25. The van der Waals surface area contributed by atoms with Crippen LogP contribution in [0.1, 0.15) is 12.0 Å². The molecule has 1 aromatic rings. The van der Waals surface area contributed by atoms with Crippen molar-refractivity contribution in [3.05, 3.63) is 28.8 Å². The van der Waals surface area contributed by atoms with E-state index >= 15 is 0 Å². The van der Waals surface area contributed by atoms with Gasteiger partial charge in [0, 0.05) is 6.54 Å². The van der Waals surface area contributed by atoms with Crippen molar-refractivity contribution in [3.63, 3.8) is 0 Å². The maximum atomic E-state index is 10.9. The van der Waals surface area contributed by atoms with Crippen LogP contribution in [0.5, 0.6) is 0 Å². The molecule has 0 amide bonds. The minimum atomic E-state index is -0.229. The molecule has 0 heterocycles. The molecule has 0 aromatic heterocycles. The standard InChI is InChI=1S/C11H14ClNO2/c1-8-4-3-5-9(12)11(8)13-7-6-10(14)15-2/h3-5,13H,6-7H2,1-2H3. The maximum absolute atomic E-state index is 10.9. The summed E-state index contributed by atoms with van der Waals surface area (Å²) < 4.78 is 4.54. The van der Waals surface area contributed by atoms with Crippen molar-refractivity contribution in [1.82, 2.24) is 0 Å². The fourth-order valence-corrected chi connectivity index (χ4v) is 1.54. The van der Waals surface area contributed by atoms with Gasteiger partial charge in [0.15, 0.2) is 0 Å². The molecule has 0 aliphatic carbocycles. The van der Waals surface area contributed by atoms with E-state index in [2.05, 4.69) is 10.1 Å². The molecule has 0 unspecified atom stereocenters. The molecule has 1 rings (SSSR count). The summed E-state index contributed by atoms with van der Waals surface area (Å²) in [6.45, 7) is 2.49. The molecule has 1 N–H and O–H groups in total. The zero-order valence-electron chi connectivity index (χ0n) is 8.84. The molecule has 4 heteroatoms. The Hall–Kier alpha value is -1.22. The minimum absolute atomic E-state index is 0.229. The molecule has 3 nitrogen and oxygen atoms in total. The highest BCUT2D eigenvalue weighted by atomic mass is 35.5. The topological polar surface area (TPSA) is 38.3 Å². The third-order valence-electron chi connectivity index (χ3n) is 2.08. The van der Waals surface area contributed by atoms with Crippen LogP contribution >= 0.6 is 11.6 Å². The Morgan fingerprint density at radius 2 is 2.27 bits per heavy atom. The van der Waals surface area contributed by atoms with Crippen molar-refractivity contribution in [2.24, 2.45) is 0 Å². The van der Waals surface area contributed by atoms with E-state index in [1.807, 2.05) is 25.1 Å². The minimum Gasteiger partial charge on any atom is -0.469 e.